The Hall–Kier alpha value is -1.18. The Kier molecular flexibility index (Phi) is 3.31. The van der Waals surface area contributed by atoms with Gasteiger partial charge in [0.1, 0.15) is 10.7 Å². The zero-order valence-electron chi connectivity index (χ0n) is 9.93. The fourth-order valence-corrected chi connectivity index (χ4v) is 3.51. The van der Waals surface area contributed by atoms with Gasteiger partial charge in [-0.2, -0.15) is 4.31 Å². The second-order valence-corrected chi connectivity index (χ2v) is 6.42. The fraction of sp³-hybridized carbons (Fsp3) is 0.455. The summed E-state index contributed by atoms with van der Waals surface area (Å²) in [4.78, 5) is -0.401. The summed E-state index contributed by atoms with van der Waals surface area (Å²) in [7, 11) is -3.85. The molecule has 1 aliphatic heterocycles. The van der Waals surface area contributed by atoms with Gasteiger partial charge in [0.2, 0.25) is 10.0 Å². The summed E-state index contributed by atoms with van der Waals surface area (Å²) in [5.41, 5.74) is 6.36. The number of aliphatic hydroxyl groups excluding tert-OH is 1. The monoisotopic (exact) mass is 274 g/mol. The molecule has 0 saturated carbocycles. The van der Waals surface area contributed by atoms with Gasteiger partial charge in [-0.1, -0.05) is 0 Å². The third-order valence-corrected chi connectivity index (χ3v) is 4.97. The number of nitrogen functional groups attached to an aromatic ring is 1. The summed E-state index contributed by atoms with van der Waals surface area (Å²) >= 11 is 0. The van der Waals surface area contributed by atoms with Crippen molar-refractivity contribution in [2.24, 2.45) is 5.92 Å². The molecule has 0 bridgehead atoms. The highest BCUT2D eigenvalue weighted by atomic mass is 32.2. The highest BCUT2D eigenvalue weighted by Gasteiger charge is 2.37. The van der Waals surface area contributed by atoms with Crippen LogP contribution in [0, 0.1) is 18.7 Å². The number of aliphatic hydroxyl groups is 1. The molecule has 1 aromatic carbocycles. The van der Waals surface area contributed by atoms with Crippen molar-refractivity contribution in [1.29, 1.82) is 0 Å². The third-order valence-electron chi connectivity index (χ3n) is 3.12. The molecule has 0 unspecified atom stereocenters. The summed E-state index contributed by atoms with van der Waals surface area (Å²) < 4.78 is 39.1. The van der Waals surface area contributed by atoms with Gasteiger partial charge in [0, 0.05) is 31.3 Å². The molecule has 1 saturated heterocycles. The van der Waals surface area contributed by atoms with Gasteiger partial charge >= 0.3 is 0 Å². The molecule has 1 fully saturated rings. The van der Waals surface area contributed by atoms with Crippen molar-refractivity contribution in [2.75, 3.05) is 25.4 Å². The van der Waals surface area contributed by atoms with E-state index >= 15 is 0 Å². The van der Waals surface area contributed by atoms with E-state index in [-0.39, 0.29) is 31.3 Å². The zero-order valence-corrected chi connectivity index (χ0v) is 10.7. The smallest absolute Gasteiger partial charge is 0.246 e. The quantitative estimate of drug-likeness (QED) is 0.778. The molecule has 2 rings (SSSR count). The van der Waals surface area contributed by atoms with Crippen molar-refractivity contribution >= 4 is 15.7 Å². The van der Waals surface area contributed by atoms with Crippen LogP contribution in [0.2, 0.25) is 0 Å². The molecular formula is C11H15FN2O3S. The first-order valence-electron chi connectivity index (χ1n) is 5.53. The Morgan fingerprint density at radius 3 is 2.67 bits per heavy atom. The first-order chi connectivity index (χ1) is 8.36. The number of anilines is 1. The van der Waals surface area contributed by atoms with Crippen LogP contribution in [-0.2, 0) is 10.0 Å². The number of rotatable bonds is 3. The van der Waals surface area contributed by atoms with E-state index in [4.69, 9.17) is 10.8 Å². The summed E-state index contributed by atoms with van der Waals surface area (Å²) in [6, 6.07) is 2.26. The van der Waals surface area contributed by atoms with Gasteiger partial charge in [-0.05, 0) is 24.6 Å². The first kappa shape index (κ1) is 13.3. The minimum atomic E-state index is -3.85. The Labute approximate surface area is 105 Å². The second-order valence-electron chi connectivity index (χ2n) is 4.51. The molecule has 1 aromatic rings. The van der Waals surface area contributed by atoms with Crippen LogP contribution in [0.5, 0.6) is 0 Å². The highest BCUT2D eigenvalue weighted by molar-refractivity contribution is 7.89. The van der Waals surface area contributed by atoms with Crippen molar-refractivity contribution in [3.05, 3.63) is 23.5 Å². The van der Waals surface area contributed by atoms with E-state index in [2.05, 4.69) is 0 Å². The largest absolute Gasteiger partial charge is 0.398 e. The topological polar surface area (TPSA) is 83.6 Å². The summed E-state index contributed by atoms with van der Waals surface area (Å²) in [5.74, 6) is -0.861. The average molecular weight is 274 g/mol. The average Bonchev–Trinajstić information content (AvgIpc) is 2.21. The van der Waals surface area contributed by atoms with Crippen molar-refractivity contribution in [1.82, 2.24) is 4.31 Å². The van der Waals surface area contributed by atoms with Gasteiger partial charge in [-0.3, -0.25) is 0 Å². The number of benzene rings is 1. The second kappa shape index (κ2) is 4.49. The standard InChI is InChI=1S/C11H15FN2O3S/c1-7-2-9(12)11(3-10(7)13)18(16,17)14-4-8(5-14)6-15/h2-3,8,15H,4-6,13H2,1H3. The molecule has 0 amide bonds. The molecule has 3 N–H and O–H groups in total. The van der Waals surface area contributed by atoms with Gasteiger partial charge in [-0.25, -0.2) is 12.8 Å². The van der Waals surface area contributed by atoms with Gasteiger partial charge in [0.15, 0.2) is 0 Å². The van der Waals surface area contributed by atoms with Crippen LogP contribution in [0.1, 0.15) is 5.56 Å². The predicted molar refractivity (Wildman–Crippen MR) is 64.9 cm³/mol. The Morgan fingerprint density at radius 2 is 2.11 bits per heavy atom. The highest BCUT2D eigenvalue weighted by Crippen LogP contribution is 2.28. The Bertz CT molecular complexity index is 568. The zero-order chi connectivity index (χ0) is 13.5. The van der Waals surface area contributed by atoms with E-state index in [1.54, 1.807) is 6.92 Å². The molecule has 0 atom stereocenters. The van der Waals surface area contributed by atoms with Crippen molar-refractivity contribution in [2.45, 2.75) is 11.8 Å². The van der Waals surface area contributed by atoms with Crippen molar-refractivity contribution < 1.29 is 17.9 Å². The van der Waals surface area contributed by atoms with Crippen LogP contribution in [0.15, 0.2) is 17.0 Å². The Morgan fingerprint density at radius 1 is 1.50 bits per heavy atom. The van der Waals surface area contributed by atoms with Crippen LogP contribution in [0.4, 0.5) is 10.1 Å². The number of halogens is 1. The maximum absolute atomic E-state index is 13.7. The van der Waals surface area contributed by atoms with Gasteiger partial charge in [0.25, 0.3) is 0 Å². The number of hydrogen-bond acceptors (Lipinski definition) is 4. The summed E-state index contributed by atoms with van der Waals surface area (Å²) in [5, 5.41) is 8.86. The number of hydrogen-bond donors (Lipinski definition) is 2. The number of sulfonamides is 1. The third kappa shape index (κ3) is 2.09. The fourth-order valence-electron chi connectivity index (χ4n) is 1.84. The summed E-state index contributed by atoms with van der Waals surface area (Å²) in [6.07, 6.45) is 0. The van der Waals surface area contributed by atoms with Crippen LogP contribution in [0.3, 0.4) is 0 Å². The van der Waals surface area contributed by atoms with E-state index in [1.165, 1.54) is 0 Å². The van der Waals surface area contributed by atoms with Gasteiger partial charge < -0.3 is 10.8 Å². The minimum Gasteiger partial charge on any atom is -0.398 e. The SMILES string of the molecule is Cc1cc(F)c(S(=O)(=O)N2CC(CO)C2)cc1N. The van der Waals surface area contributed by atoms with E-state index in [1.807, 2.05) is 0 Å². The van der Waals surface area contributed by atoms with E-state index in [9.17, 15) is 12.8 Å². The molecule has 1 heterocycles. The molecule has 0 radical (unpaired) electrons. The van der Waals surface area contributed by atoms with Crippen molar-refractivity contribution in [3.63, 3.8) is 0 Å². The van der Waals surface area contributed by atoms with E-state index in [0.717, 1.165) is 16.4 Å². The number of aryl methyl sites for hydroxylation is 1. The molecule has 1 aliphatic rings. The molecule has 0 aliphatic carbocycles. The van der Waals surface area contributed by atoms with Crippen LogP contribution in [0.25, 0.3) is 0 Å². The lowest BCUT2D eigenvalue weighted by Gasteiger charge is -2.37. The molecule has 0 spiro atoms. The first-order valence-corrected chi connectivity index (χ1v) is 6.97. The van der Waals surface area contributed by atoms with Crippen molar-refractivity contribution in [3.8, 4) is 0 Å². The molecule has 18 heavy (non-hydrogen) atoms. The molecule has 100 valence electrons. The molecule has 0 aromatic heterocycles. The summed E-state index contributed by atoms with van der Waals surface area (Å²) in [6.45, 7) is 1.98. The molecule has 5 nitrogen and oxygen atoms in total. The maximum atomic E-state index is 13.7. The van der Waals surface area contributed by atoms with Crippen LogP contribution in [-0.4, -0.2) is 37.5 Å². The normalized spacial score (nSPS) is 17.7. The van der Waals surface area contributed by atoms with Gasteiger partial charge in [0.05, 0.1) is 0 Å². The maximum Gasteiger partial charge on any atom is 0.246 e. The lowest BCUT2D eigenvalue weighted by molar-refractivity contribution is 0.117. The lowest BCUT2D eigenvalue weighted by Crippen LogP contribution is -2.51. The minimum absolute atomic E-state index is 0.0642. The number of nitrogens with two attached hydrogens (primary N) is 1. The van der Waals surface area contributed by atoms with E-state index < -0.39 is 20.7 Å². The Balaban J connectivity index is 2.34. The predicted octanol–water partition coefficient (Wildman–Crippen LogP) is 0.329. The van der Waals surface area contributed by atoms with E-state index in [0.29, 0.717) is 5.56 Å². The molecular weight excluding hydrogens is 259 g/mol. The lowest BCUT2D eigenvalue weighted by atomic mass is 10.1. The van der Waals surface area contributed by atoms with Gasteiger partial charge in [-0.15, -0.1) is 0 Å². The number of nitrogens with zero attached hydrogens (tertiary/aromatic N) is 1. The van der Waals surface area contributed by atoms with Crippen LogP contribution < -0.4 is 5.73 Å². The molecule has 7 heteroatoms. The van der Waals surface area contributed by atoms with Crippen LogP contribution >= 0.6 is 0 Å².